The predicted molar refractivity (Wildman–Crippen MR) is 230 cm³/mol. The number of benzene rings is 5. The second kappa shape index (κ2) is 16.5. The average Bonchev–Trinajstić information content (AvgIpc) is 3.58. The molecule has 0 fully saturated rings. The molecule has 1 aliphatic heterocycles. The highest BCUT2D eigenvalue weighted by Crippen LogP contribution is 2.41. The molecule has 0 N–H and O–H groups in total. The van der Waals surface area contributed by atoms with Gasteiger partial charge in [0.15, 0.2) is 11.5 Å². The van der Waals surface area contributed by atoms with Crippen LogP contribution in [0.1, 0.15) is 104 Å². The van der Waals surface area contributed by atoms with Gasteiger partial charge in [-0.2, -0.15) is 0 Å². The smallest absolute Gasteiger partial charge is 0.361 e. The van der Waals surface area contributed by atoms with Crippen LogP contribution >= 0.6 is 23.5 Å². The van der Waals surface area contributed by atoms with Gasteiger partial charge in [-0.3, -0.25) is 0 Å². The van der Waals surface area contributed by atoms with E-state index in [0.29, 0.717) is 29.2 Å². The van der Waals surface area contributed by atoms with E-state index in [0.717, 1.165) is 54.3 Å². The molecule has 0 spiro atoms. The number of ether oxygens (including phenoxy) is 3. The number of hydrogen-bond acceptors (Lipinski definition) is 5. The lowest BCUT2D eigenvalue weighted by Crippen LogP contribution is -2.21. The van der Waals surface area contributed by atoms with E-state index < -0.39 is 6.48 Å². The Balaban J connectivity index is 1.41. The number of rotatable bonds is 4. The summed E-state index contributed by atoms with van der Waals surface area (Å²) in [5, 5.41) is 0. The molecule has 0 saturated heterocycles. The zero-order valence-electron chi connectivity index (χ0n) is 32.6. The third-order valence-electron chi connectivity index (χ3n) is 8.10. The van der Waals surface area contributed by atoms with Crippen molar-refractivity contribution in [2.24, 2.45) is 0 Å². The third kappa shape index (κ3) is 10.1. The Morgan fingerprint density at radius 2 is 0.821 bits per heavy atom. The van der Waals surface area contributed by atoms with Crippen molar-refractivity contribution >= 4 is 23.5 Å². The van der Waals surface area contributed by atoms with Crippen LogP contribution in [-0.4, -0.2) is 22.6 Å². The van der Waals surface area contributed by atoms with Crippen LogP contribution in [-0.2, 0) is 4.74 Å². The van der Waals surface area contributed by atoms with Crippen molar-refractivity contribution in [3.05, 3.63) is 153 Å². The van der Waals surface area contributed by atoms with Crippen LogP contribution in [0.15, 0.2) is 107 Å². The lowest BCUT2D eigenvalue weighted by molar-refractivity contribution is -0.173. The first-order chi connectivity index (χ1) is 26.9. The quantitative estimate of drug-likeness (QED) is 0.132. The molecule has 5 aromatic rings. The predicted octanol–water partition coefficient (Wildman–Crippen LogP) is 10.9. The van der Waals surface area contributed by atoms with E-state index in [2.05, 4.69) is 125 Å². The summed E-state index contributed by atoms with van der Waals surface area (Å²) in [6.45, 7) is 14.6. The van der Waals surface area contributed by atoms with Crippen molar-refractivity contribution in [1.29, 1.82) is 0 Å². The van der Waals surface area contributed by atoms with Gasteiger partial charge in [-0.25, -0.2) is 0 Å². The van der Waals surface area contributed by atoms with Gasteiger partial charge in [0, 0.05) is 63.8 Å². The van der Waals surface area contributed by atoms with E-state index >= 15 is 0 Å². The minimum absolute atomic E-state index is 0.0333. The van der Waals surface area contributed by atoms with Crippen molar-refractivity contribution < 1.29 is 14.2 Å². The van der Waals surface area contributed by atoms with Crippen LogP contribution in [0.4, 0.5) is 0 Å². The standard InChI is InChI=1S/C51H40O3S2/c1-8-52-49-53-47-41-23-21-39-27-29-45(55-50(2,3)4)33-43(39)19-17-37-13-9-11-35(31-37)15-16-36-12-10-14-38(32-36)18-20-44-34-46(56-51(5,6)7)30-28-40(44)22-24-42(26-25-41)48(47)54-49/h9-14,25-34,49H,8H2,1-7H3. The van der Waals surface area contributed by atoms with Gasteiger partial charge in [-0.1, -0.05) is 113 Å². The van der Waals surface area contributed by atoms with Gasteiger partial charge >= 0.3 is 6.48 Å². The number of thioether (sulfide) groups is 2. The fraction of sp³-hybridized carbons (Fsp3) is 0.216. The molecular weight excluding hydrogens is 725 g/mol. The number of fused-ring (bicyclic) bond motifs is 1. The average molecular weight is 765 g/mol. The van der Waals surface area contributed by atoms with E-state index in [-0.39, 0.29) is 9.49 Å². The topological polar surface area (TPSA) is 27.7 Å². The molecule has 0 unspecified atom stereocenters. The first-order valence-corrected chi connectivity index (χ1v) is 20.1. The van der Waals surface area contributed by atoms with E-state index in [1.165, 1.54) is 0 Å². The van der Waals surface area contributed by atoms with Crippen molar-refractivity contribution in [3.63, 3.8) is 0 Å². The Bertz CT molecular complexity index is 2490. The maximum absolute atomic E-state index is 6.19. The lowest BCUT2D eigenvalue weighted by Gasteiger charge is -2.17. The lowest BCUT2D eigenvalue weighted by atomic mass is 10.0. The molecule has 0 atom stereocenters. The molecule has 2 aliphatic carbocycles. The summed E-state index contributed by atoms with van der Waals surface area (Å²) in [5.41, 5.74) is 8.09. The van der Waals surface area contributed by atoms with Crippen LogP contribution in [0, 0.1) is 59.2 Å². The normalized spacial score (nSPS) is 12.7. The van der Waals surface area contributed by atoms with Crippen molar-refractivity contribution in [2.75, 3.05) is 6.61 Å². The minimum Gasteiger partial charge on any atom is -0.427 e. The molecule has 6 bridgehead atoms. The summed E-state index contributed by atoms with van der Waals surface area (Å²) in [6.07, 6.45) is 0. The van der Waals surface area contributed by atoms with Gasteiger partial charge in [0.25, 0.3) is 0 Å². The van der Waals surface area contributed by atoms with Crippen LogP contribution in [0.2, 0.25) is 0 Å². The van der Waals surface area contributed by atoms with Gasteiger partial charge in [0.05, 0.1) is 17.7 Å². The number of hydrogen-bond donors (Lipinski definition) is 0. The molecule has 0 radical (unpaired) electrons. The van der Waals surface area contributed by atoms with Crippen LogP contribution < -0.4 is 9.47 Å². The molecule has 5 heteroatoms. The van der Waals surface area contributed by atoms with Crippen LogP contribution in [0.25, 0.3) is 0 Å². The molecule has 5 aromatic carbocycles. The molecule has 3 nitrogen and oxygen atoms in total. The Morgan fingerprint density at radius 1 is 0.464 bits per heavy atom. The zero-order chi connectivity index (χ0) is 39.3. The second-order valence-corrected chi connectivity index (χ2v) is 18.9. The summed E-state index contributed by atoms with van der Waals surface area (Å²) < 4.78 is 18.2. The summed E-state index contributed by atoms with van der Waals surface area (Å²) in [6, 6.07) is 32.4. The molecular formula is C51H40O3S2. The molecule has 0 amide bonds. The Labute approximate surface area is 340 Å². The van der Waals surface area contributed by atoms with Gasteiger partial charge < -0.3 is 14.2 Å². The zero-order valence-corrected chi connectivity index (χ0v) is 34.2. The van der Waals surface area contributed by atoms with Crippen LogP contribution in [0.3, 0.4) is 0 Å². The molecule has 1 heterocycles. The summed E-state index contributed by atoms with van der Waals surface area (Å²) in [7, 11) is 0. The van der Waals surface area contributed by atoms with Crippen LogP contribution in [0.5, 0.6) is 11.5 Å². The Morgan fingerprint density at radius 3 is 1.21 bits per heavy atom. The molecule has 56 heavy (non-hydrogen) atoms. The van der Waals surface area contributed by atoms with E-state index in [1.807, 2.05) is 79.7 Å². The molecule has 0 aromatic heterocycles. The maximum atomic E-state index is 6.19. The Kier molecular flexibility index (Phi) is 11.3. The van der Waals surface area contributed by atoms with Crippen molar-refractivity contribution in [2.45, 2.75) is 74.2 Å². The second-order valence-electron chi connectivity index (χ2n) is 15.1. The van der Waals surface area contributed by atoms with Gasteiger partial charge in [0.1, 0.15) is 0 Å². The first-order valence-electron chi connectivity index (χ1n) is 18.5. The maximum Gasteiger partial charge on any atom is 0.361 e. The summed E-state index contributed by atoms with van der Waals surface area (Å²) in [4.78, 5) is 2.25. The fourth-order valence-corrected chi connectivity index (χ4v) is 7.80. The summed E-state index contributed by atoms with van der Waals surface area (Å²) in [5.74, 6) is 34.7. The summed E-state index contributed by atoms with van der Waals surface area (Å²) >= 11 is 3.59. The molecule has 274 valence electrons. The molecule has 8 rings (SSSR count). The van der Waals surface area contributed by atoms with Crippen molar-refractivity contribution in [1.82, 2.24) is 0 Å². The van der Waals surface area contributed by atoms with Crippen molar-refractivity contribution in [3.8, 4) is 70.7 Å². The SMILES string of the molecule is CCOC1Oc2c3ccc(c2O1)C#Cc1ccc(SC(C)(C)C)cc1C#Cc1cccc(c1)C#Cc1cccc(c1)C#Cc1cc(SC(C)(C)C)ccc1C#C3. The highest BCUT2D eigenvalue weighted by atomic mass is 32.2. The minimum atomic E-state index is -0.901. The molecule has 0 saturated carbocycles. The highest BCUT2D eigenvalue weighted by molar-refractivity contribution is 8.00. The third-order valence-corrected chi connectivity index (χ3v) is 10.3. The van der Waals surface area contributed by atoms with Gasteiger partial charge in [0.2, 0.25) is 0 Å². The highest BCUT2D eigenvalue weighted by Gasteiger charge is 2.29. The van der Waals surface area contributed by atoms with E-state index in [4.69, 9.17) is 14.2 Å². The first kappa shape index (κ1) is 38.4. The van der Waals surface area contributed by atoms with E-state index in [9.17, 15) is 0 Å². The Hall–Kier alpha value is -5.84. The van der Waals surface area contributed by atoms with Gasteiger partial charge in [-0.05, 0) is 91.9 Å². The van der Waals surface area contributed by atoms with Gasteiger partial charge in [-0.15, -0.1) is 23.5 Å². The monoisotopic (exact) mass is 764 g/mol. The fourth-order valence-electron chi connectivity index (χ4n) is 5.76. The van der Waals surface area contributed by atoms with E-state index in [1.54, 1.807) is 23.5 Å². The molecule has 3 aliphatic rings. The largest absolute Gasteiger partial charge is 0.427 e.